The van der Waals surface area contributed by atoms with Crippen molar-refractivity contribution in [2.75, 3.05) is 20.3 Å². The summed E-state index contributed by atoms with van der Waals surface area (Å²) in [6.45, 7) is 7.19. The van der Waals surface area contributed by atoms with Crippen molar-refractivity contribution in [1.82, 2.24) is 14.7 Å². The van der Waals surface area contributed by atoms with Gasteiger partial charge in [-0.2, -0.15) is 5.10 Å². The van der Waals surface area contributed by atoms with Gasteiger partial charge in [0.25, 0.3) is 5.91 Å². The maximum atomic E-state index is 13.1. The van der Waals surface area contributed by atoms with Crippen molar-refractivity contribution in [3.63, 3.8) is 0 Å². The summed E-state index contributed by atoms with van der Waals surface area (Å²) in [6, 6.07) is 15.9. The highest BCUT2D eigenvalue weighted by molar-refractivity contribution is 8.26. The first-order valence-corrected chi connectivity index (χ1v) is 12.8. The molecule has 1 fully saturated rings. The Bertz CT molecular complexity index is 1250. The molecular weight excluding hydrogens is 478 g/mol. The highest BCUT2D eigenvalue weighted by Gasteiger charge is 2.32. The van der Waals surface area contributed by atoms with Gasteiger partial charge in [0, 0.05) is 37.6 Å². The molecular formula is C27H29N3O3S2. The molecule has 0 saturated carbocycles. The summed E-state index contributed by atoms with van der Waals surface area (Å²) in [6.07, 6.45) is 4.69. The van der Waals surface area contributed by atoms with Crippen LogP contribution in [0.4, 0.5) is 0 Å². The van der Waals surface area contributed by atoms with Crippen molar-refractivity contribution in [3.05, 3.63) is 70.8 Å². The molecule has 0 unspecified atom stereocenters. The van der Waals surface area contributed by atoms with Crippen molar-refractivity contribution >= 4 is 40.3 Å². The average molecular weight is 508 g/mol. The molecule has 1 aliphatic heterocycles. The highest BCUT2D eigenvalue weighted by Crippen LogP contribution is 2.36. The number of benzene rings is 2. The first kappa shape index (κ1) is 25.2. The van der Waals surface area contributed by atoms with Gasteiger partial charge in [0.05, 0.1) is 16.7 Å². The molecule has 0 atom stereocenters. The highest BCUT2D eigenvalue weighted by atomic mass is 32.2. The Morgan fingerprint density at radius 1 is 1.17 bits per heavy atom. The van der Waals surface area contributed by atoms with E-state index in [4.69, 9.17) is 26.8 Å². The monoisotopic (exact) mass is 507 g/mol. The maximum absolute atomic E-state index is 13.1. The van der Waals surface area contributed by atoms with Crippen LogP contribution in [0.5, 0.6) is 5.75 Å². The van der Waals surface area contributed by atoms with E-state index in [2.05, 4.69) is 0 Å². The van der Waals surface area contributed by atoms with Gasteiger partial charge in [-0.15, -0.1) is 0 Å². The number of aryl methyl sites for hydroxylation is 1. The van der Waals surface area contributed by atoms with Crippen LogP contribution in [0.25, 0.3) is 23.0 Å². The summed E-state index contributed by atoms with van der Waals surface area (Å²) < 4.78 is 13.4. The fraction of sp³-hybridized carbons (Fsp3) is 0.296. The lowest BCUT2D eigenvalue weighted by molar-refractivity contribution is -0.122. The number of amides is 1. The summed E-state index contributed by atoms with van der Waals surface area (Å²) >= 11 is 6.82. The van der Waals surface area contributed by atoms with E-state index < -0.39 is 0 Å². The molecule has 6 nitrogen and oxygen atoms in total. The number of aromatic nitrogens is 2. The van der Waals surface area contributed by atoms with Crippen LogP contribution >= 0.6 is 24.0 Å². The predicted molar refractivity (Wildman–Crippen MR) is 146 cm³/mol. The molecule has 1 aromatic heterocycles. The lowest BCUT2D eigenvalue weighted by Crippen LogP contribution is -2.29. The molecule has 182 valence electrons. The molecule has 1 saturated heterocycles. The summed E-state index contributed by atoms with van der Waals surface area (Å²) in [7, 11) is 1.65. The average Bonchev–Trinajstić information content (AvgIpc) is 3.35. The van der Waals surface area contributed by atoms with E-state index in [1.54, 1.807) is 12.0 Å². The molecule has 8 heteroatoms. The summed E-state index contributed by atoms with van der Waals surface area (Å²) in [5, 5.41) is 4.92. The molecule has 1 amide bonds. The smallest absolute Gasteiger partial charge is 0.266 e. The Hall–Kier alpha value is -2.94. The number of methoxy groups -OCH3 is 1. The molecule has 2 heterocycles. The van der Waals surface area contributed by atoms with E-state index in [0.29, 0.717) is 22.4 Å². The van der Waals surface area contributed by atoms with Crippen LogP contribution in [0.1, 0.15) is 31.4 Å². The molecule has 2 aromatic carbocycles. The van der Waals surface area contributed by atoms with Gasteiger partial charge in [0.2, 0.25) is 0 Å². The molecule has 0 N–H and O–H groups in total. The Kier molecular flexibility index (Phi) is 8.05. The maximum Gasteiger partial charge on any atom is 0.266 e. The van der Waals surface area contributed by atoms with E-state index in [9.17, 15) is 4.79 Å². The molecule has 4 rings (SSSR count). The zero-order valence-electron chi connectivity index (χ0n) is 20.4. The van der Waals surface area contributed by atoms with Crippen LogP contribution in [0.2, 0.25) is 0 Å². The van der Waals surface area contributed by atoms with Crippen molar-refractivity contribution in [2.24, 2.45) is 0 Å². The van der Waals surface area contributed by atoms with Gasteiger partial charge in [0.15, 0.2) is 0 Å². The van der Waals surface area contributed by atoms with Crippen molar-refractivity contribution < 1.29 is 14.3 Å². The number of thioether (sulfide) groups is 1. The number of nitrogens with zero attached hydrogens (tertiary/aromatic N) is 3. The minimum absolute atomic E-state index is 0.0769. The summed E-state index contributed by atoms with van der Waals surface area (Å²) in [5.41, 5.74) is 4.62. The molecule has 0 radical (unpaired) electrons. The second kappa shape index (κ2) is 11.2. The predicted octanol–water partition coefficient (Wildman–Crippen LogP) is 5.87. The standard InChI is InChI=1S/C27H29N3O3S2/c1-18(2)33-22-11-12-23(19(3)15-22)25-20(17-30(28-25)21-9-6-5-7-10-21)16-24-26(31)29(27(34)35-24)13-8-14-32-4/h5-7,9-12,15-18H,8,13-14H2,1-4H3/b24-16-. The minimum Gasteiger partial charge on any atom is -0.491 e. The van der Waals surface area contributed by atoms with Crippen LogP contribution in [0.3, 0.4) is 0 Å². The number of hydrogen-bond acceptors (Lipinski definition) is 6. The quantitative estimate of drug-likeness (QED) is 0.205. The Morgan fingerprint density at radius 2 is 1.94 bits per heavy atom. The third kappa shape index (κ3) is 5.83. The Balaban J connectivity index is 1.74. The minimum atomic E-state index is -0.0769. The largest absolute Gasteiger partial charge is 0.491 e. The number of carbonyl (C=O) groups excluding carboxylic acids is 1. The number of rotatable bonds is 9. The van der Waals surface area contributed by atoms with E-state index in [1.165, 1.54) is 11.8 Å². The zero-order valence-corrected chi connectivity index (χ0v) is 22.0. The zero-order chi connectivity index (χ0) is 24.9. The fourth-order valence-corrected chi connectivity index (χ4v) is 5.16. The fourth-order valence-electron chi connectivity index (χ4n) is 3.86. The molecule has 0 bridgehead atoms. The van der Waals surface area contributed by atoms with Crippen LogP contribution < -0.4 is 4.74 Å². The van der Waals surface area contributed by atoms with Gasteiger partial charge in [0.1, 0.15) is 15.8 Å². The SMILES string of the molecule is COCCCN1C(=O)/C(=C/c2cn(-c3ccccc3)nc2-c2ccc(OC(C)C)cc2C)SC1=S. The third-order valence-corrected chi connectivity index (χ3v) is 6.86. The lowest BCUT2D eigenvalue weighted by atomic mass is 10.0. The van der Waals surface area contributed by atoms with Crippen LogP contribution in [-0.2, 0) is 9.53 Å². The number of para-hydroxylation sites is 1. The van der Waals surface area contributed by atoms with E-state index in [1.807, 2.05) is 86.3 Å². The van der Waals surface area contributed by atoms with Crippen LogP contribution in [-0.4, -0.2) is 51.3 Å². The number of hydrogen-bond donors (Lipinski definition) is 0. The van der Waals surface area contributed by atoms with Crippen molar-refractivity contribution in [1.29, 1.82) is 0 Å². The Morgan fingerprint density at radius 3 is 2.63 bits per heavy atom. The number of thiocarbonyl (C=S) groups is 1. The van der Waals surface area contributed by atoms with Gasteiger partial charge in [-0.1, -0.05) is 42.2 Å². The van der Waals surface area contributed by atoms with Gasteiger partial charge in [-0.05, 0) is 69.2 Å². The van der Waals surface area contributed by atoms with Crippen molar-refractivity contribution in [3.8, 4) is 22.7 Å². The Labute approximate surface area is 215 Å². The summed E-state index contributed by atoms with van der Waals surface area (Å²) in [5.74, 6) is 0.745. The molecule has 3 aromatic rings. The normalized spacial score (nSPS) is 15.0. The van der Waals surface area contributed by atoms with Crippen LogP contribution in [0, 0.1) is 6.92 Å². The second-order valence-electron chi connectivity index (χ2n) is 8.54. The molecule has 35 heavy (non-hydrogen) atoms. The van der Waals surface area contributed by atoms with E-state index in [0.717, 1.165) is 40.2 Å². The van der Waals surface area contributed by atoms with Crippen LogP contribution in [0.15, 0.2) is 59.6 Å². The molecule has 0 aliphatic carbocycles. The molecule has 1 aliphatic rings. The van der Waals surface area contributed by atoms with E-state index in [-0.39, 0.29) is 12.0 Å². The lowest BCUT2D eigenvalue weighted by Gasteiger charge is -2.13. The van der Waals surface area contributed by atoms with Gasteiger partial charge < -0.3 is 9.47 Å². The van der Waals surface area contributed by atoms with E-state index >= 15 is 0 Å². The summed E-state index contributed by atoms with van der Waals surface area (Å²) in [4.78, 5) is 15.4. The topological polar surface area (TPSA) is 56.6 Å². The molecule has 0 spiro atoms. The third-order valence-electron chi connectivity index (χ3n) is 5.48. The van der Waals surface area contributed by atoms with Gasteiger partial charge >= 0.3 is 0 Å². The number of ether oxygens (including phenoxy) is 2. The number of carbonyl (C=O) groups is 1. The first-order valence-electron chi connectivity index (χ1n) is 11.5. The second-order valence-corrected chi connectivity index (χ2v) is 10.2. The van der Waals surface area contributed by atoms with Gasteiger partial charge in [-0.3, -0.25) is 9.69 Å². The van der Waals surface area contributed by atoms with Gasteiger partial charge in [-0.25, -0.2) is 4.68 Å². The van der Waals surface area contributed by atoms with Crippen molar-refractivity contribution in [2.45, 2.75) is 33.3 Å². The first-order chi connectivity index (χ1) is 16.9.